The maximum atomic E-state index is 12.0. The predicted octanol–water partition coefficient (Wildman–Crippen LogP) is 3.29. The Kier molecular flexibility index (Phi) is 5.67. The molecule has 3 N–H and O–H groups in total. The molecule has 0 aliphatic heterocycles. The SMILES string of the molecule is CCC(CC(=O)Nc1cc(OC)ccc1N)C(C)C. The van der Waals surface area contributed by atoms with E-state index in [-0.39, 0.29) is 5.91 Å². The van der Waals surface area contributed by atoms with Crippen LogP contribution in [0.15, 0.2) is 18.2 Å². The number of amides is 1. The molecule has 0 spiro atoms. The maximum Gasteiger partial charge on any atom is 0.224 e. The van der Waals surface area contributed by atoms with Gasteiger partial charge in [-0.15, -0.1) is 0 Å². The Hall–Kier alpha value is -1.71. The molecule has 1 atom stereocenters. The lowest BCUT2D eigenvalue weighted by Crippen LogP contribution is -2.20. The molecular weight excluding hydrogens is 240 g/mol. The van der Waals surface area contributed by atoms with E-state index in [4.69, 9.17) is 10.5 Å². The number of hydrogen-bond donors (Lipinski definition) is 2. The number of nitrogens with one attached hydrogen (secondary N) is 1. The third kappa shape index (κ3) is 4.47. The Bertz CT molecular complexity index is 430. The van der Waals surface area contributed by atoms with Gasteiger partial charge in [-0.05, 0) is 24.0 Å². The van der Waals surface area contributed by atoms with Crippen LogP contribution in [0, 0.1) is 11.8 Å². The summed E-state index contributed by atoms with van der Waals surface area (Å²) in [5, 5.41) is 2.86. The molecule has 0 radical (unpaired) electrons. The van der Waals surface area contributed by atoms with Gasteiger partial charge in [-0.1, -0.05) is 27.2 Å². The highest BCUT2D eigenvalue weighted by atomic mass is 16.5. The summed E-state index contributed by atoms with van der Waals surface area (Å²) in [6.45, 7) is 6.39. The van der Waals surface area contributed by atoms with E-state index >= 15 is 0 Å². The number of anilines is 2. The minimum atomic E-state index is 0.000466. The zero-order valence-corrected chi connectivity index (χ0v) is 12.2. The van der Waals surface area contributed by atoms with E-state index in [0.29, 0.717) is 35.4 Å². The van der Waals surface area contributed by atoms with Crippen molar-refractivity contribution in [2.24, 2.45) is 11.8 Å². The lowest BCUT2D eigenvalue weighted by molar-refractivity contribution is -0.117. The van der Waals surface area contributed by atoms with Gasteiger partial charge in [0.2, 0.25) is 5.91 Å². The molecule has 19 heavy (non-hydrogen) atoms. The van der Waals surface area contributed by atoms with Crippen molar-refractivity contribution < 1.29 is 9.53 Å². The molecule has 0 saturated carbocycles. The number of nitrogen functional groups attached to an aromatic ring is 1. The van der Waals surface area contributed by atoms with Gasteiger partial charge in [-0.2, -0.15) is 0 Å². The lowest BCUT2D eigenvalue weighted by Gasteiger charge is -2.18. The van der Waals surface area contributed by atoms with Gasteiger partial charge in [0.15, 0.2) is 0 Å². The number of carbonyl (C=O) groups is 1. The summed E-state index contributed by atoms with van der Waals surface area (Å²) in [5.41, 5.74) is 7.01. The van der Waals surface area contributed by atoms with Crippen LogP contribution in [0.5, 0.6) is 5.75 Å². The molecule has 1 unspecified atom stereocenters. The van der Waals surface area contributed by atoms with Crippen LogP contribution in [0.3, 0.4) is 0 Å². The van der Waals surface area contributed by atoms with Crippen LogP contribution in [0.1, 0.15) is 33.6 Å². The zero-order valence-electron chi connectivity index (χ0n) is 12.2. The molecule has 0 bridgehead atoms. The van der Waals surface area contributed by atoms with Gasteiger partial charge in [-0.3, -0.25) is 4.79 Å². The molecular formula is C15H24N2O2. The van der Waals surface area contributed by atoms with Crippen LogP contribution in [0.25, 0.3) is 0 Å². The van der Waals surface area contributed by atoms with E-state index in [0.717, 1.165) is 6.42 Å². The van der Waals surface area contributed by atoms with Gasteiger partial charge >= 0.3 is 0 Å². The first kappa shape index (κ1) is 15.3. The summed E-state index contributed by atoms with van der Waals surface area (Å²) in [4.78, 5) is 12.0. The van der Waals surface area contributed by atoms with Gasteiger partial charge in [0, 0.05) is 12.5 Å². The third-order valence-electron chi connectivity index (χ3n) is 3.45. The summed E-state index contributed by atoms with van der Waals surface area (Å²) in [6, 6.07) is 5.24. The van der Waals surface area contributed by atoms with Gasteiger partial charge in [0.1, 0.15) is 5.75 Å². The van der Waals surface area contributed by atoms with Crippen LogP contribution in [-0.4, -0.2) is 13.0 Å². The number of methoxy groups -OCH3 is 1. The second-order valence-corrected chi connectivity index (χ2v) is 5.12. The minimum absolute atomic E-state index is 0.000466. The first-order chi connectivity index (χ1) is 8.97. The quantitative estimate of drug-likeness (QED) is 0.775. The summed E-state index contributed by atoms with van der Waals surface area (Å²) in [7, 11) is 1.59. The number of nitrogens with two attached hydrogens (primary N) is 1. The van der Waals surface area contributed by atoms with Crippen molar-refractivity contribution >= 4 is 17.3 Å². The van der Waals surface area contributed by atoms with Crippen LogP contribution in [0.2, 0.25) is 0 Å². The first-order valence-electron chi connectivity index (χ1n) is 6.71. The van der Waals surface area contributed by atoms with Crippen molar-refractivity contribution in [2.75, 3.05) is 18.2 Å². The van der Waals surface area contributed by atoms with Crippen molar-refractivity contribution in [3.05, 3.63) is 18.2 Å². The number of carbonyl (C=O) groups excluding carboxylic acids is 1. The van der Waals surface area contributed by atoms with Crippen molar-refractivity contribution in [1.29, 1.82) is 0 Å². The monoisotopic (exact) mass is 264 g/mol. The first-order valence-corrected chi connectivity index (χ1v) is 6.71. The molecule has 0 aliphatic rings. The summed E-state index contributed by atoms with van der Waals surface area (Å²) >= 11 is 0. The van der Waals surface area contributed by atoms with Crippen molar-refractivity contribution in [3.63, 3.8) is 0 Å². The van der Waals surface area contributed by atoms with E-state index in [1.54, 1.807) is 25.3 Å². The predicted molar refractivity (Wildman–Crippen MR) is 79.3 cm³/mol. The number of hydrogen-bond acceptors (Lipinski definition) is 3. The van der Waals surface area contributed by atoms with Crippen molar-refractivity contribution in [3.8, 4) is 5.75 Å². The van der Waals surface area contributed by atoms with E-state index in [1.165, 1.54) is 0 Å². The van der Waals surface area contributed by atoms with E-state index in [2.05, 4.69) is 26.1 Å². The van der Waals surface area contributed by atoms with Crippen LogP contribution in [-0.2, 0) is 4.79 Å². The highest BCUT2D eigenvalue weighted by Crippen LogP contribution is 2.25. The lowest BCUT2D eigenvalue weighted by atomic mass is 9.90. The Morgan fingerprint density at radius 1 is 1.42 bits per heavy atom. The molecule has 0 heterocycles. The Balaban J connectivity index is 2.71. The highest BCUT2D eigenvalue weighted by Gasteiger charge is 2.16. The second kappa shape index (κ2) is 7.02. The summed E-state index contributed by atoms with van der Waals surface area (Å²) in [5.74, 6) is 1.58. The molecule has 1 aromatic rings. The van der Waals surface area contributed by atoms with Crippen molar-refractivity contribution in [2.45, 2.75) is 33.6 Å². The van der Waals surface area contributed by atoms with Crippen LogP contribution < -0.4 is 15.8 Å². The van der Waals surface area contributed by atoms with Gasteiger partial charge < -0.3 is 15.8 Å². The Morgan fingerprint density at radius 3 is 2.63 bits per heavy atom. The van der Waals surface area contributed by atoms with E-state index < -0.39 is 0 Å². The summed E-state index contributed by atoms with van der Waals surface area (Å²) < 4.78 is 5.13. The van der Waals surface area contributed by atoms with E-state index in [9.17, 15) is 4.79 Å². The van der Waals surface area contributed by atoms with Gasteiger partial charge in [-0.25, -0.2) is 0 Å². The minimum Gasteiger partial charge on any atom is -0.497 e. The highest BCUT2D eigenvalue weighted by molar-refractivity contribution is 5.94. The normalized spacial score (nSPS) is 12.3. The number of benzene rings is 1. The summed E-state index contributed by atoms with van der Waals surface area (Å²) in [6.07, 6.45) is 1.52. The molecule has 4 nitrogen and oxygen atoms in total. The van der Waals surface area contributed by atoms with Crippen molar-refractivity contribution in [1.82, 2.24) is 0 Å². The molecule has 0 aliphatic carbocycles. The fourth-order valence-electron chi connectivity index (χ4n) is 2.06. The Labute approximate surface area is 115 Å². The second-order valence-electron chi connectivity index (χ2n) is 5.12. The third-order valence-corrected chi connectivity index (χ3v) is 3.45. The largest absolute Gasteiger partial charge is 0.497 e. The zero-order chi connectivity index (χ0) is 14.4. The molecule has 0 saturated heterocycles. The fourth-order valence-corrected chi connectivity index (χ4v) is 2.06. The van der Waals surface area contributed by atoms with Crippen LogP contribution >= 0.6 is 0 Å². The molecule has 1 aromatic carbocycles. The average Bonchev–Trinajstić information content (AvgIpc) is 2.38. The molecule has 0 fully saturated rings. The van der Waals surface area contributed by atoms with Gasteiger partial charge in [0.05, 0.1) is 18.5 Å². The number of ether oxygens (including phenoxy) is 1. The fraction of sp³-hybridized carbons (Fsp3) is 0.533. The number of rotatable bonds is 6. The molecule has 106 valence electrons. The van der Waals surface area contributed by atoms with E-state index in [1.807, 2.05) is 0 Å². The smallest absolute Gasteiger partial charge is 0.224 e. The van der Waals surface area contributed by atoms with Gasteiger partial charge in [0.25, 0.3) is 0 Å². The van der Waals surface area contributed by atoms with Crippen LogP contribution in [0.4, 0.5) is 11.4 Å². The topological polar surface area (TPSA) is 64.3 Å². The Morgan fingerprint density at radius 2 is 2.11 bits per heavy atom. The standard InChI is InChI=1S/C15H24N2O2/c1-5-11(10(2)3)8-15(18)17-14-9-12(19-4)6-7-13(14)16/h6-7,9-11H,5,8,16H2,1-4H3,(H,17,18). The molecule has 4 heteroatoms. The average molecular weight is 264 g/mol. The molecule has 0 aromatic heterocycles. The molecule has 1 amide bonds. The molecule has 1 rings (SSSR count). The maximum absolute atomic E-state index is 12.0.